The van der Waals surface area contributed by atoms with Gasteiger partial charge in [-0.15, -0.1) is 0 Å². The van der Waals surface area contributed by atoms with Gasteiger partial charge in [0.05, 0.1) is 6.61 Å². The van der Waals surface area contributed by atoms with Gasteiger partial charge >= 0.3 is 0 Å². The Morgan fingerprint density at radius 3 is 2.75 bits per heavy atom. The Balaban J connectivity index is 2.55. The Labute approximate surface area is 118 Å². The van der Waals surface area contributed by atoms with Crippen LogP contribution in [-0.4, -0.2) is 51.8 Å². The second-order valence-corrected chi connectivity index (χ2v) is 4.54. The highest BCUT2D eigenvalue weighted by atomic mass is 19.1. The van der Waals surface area contributed by atoms with Crippen LogP contribution in [-0.2, 0) is 16.1 Å². The molecule has 0 bridgehead atoms. The number of hydrogen-bond acceptors (Lipinski definition) is 4. The lowest BCUT2D eigenvalue weighted by molar-refractivity contribution is -0.130. The smallest absolute Gasteiger partial charge is 0.259 e. The topological polar surface area (TPSA) is 50.8 Å². The highest BCUT2D eigenvalue weighted by molar-refractivity contribution is 5.77. The van der Waals surface area contributed by atoms with Crippen molar-refractivity contribution in [1.29, 1.82) is 0 Å². The molecule has 0 aliphatic heterocycles. The van der Waals surface area contributed by atoms with Gasteiger partial charge in [0.1, 0.15) is 11.6 Å². The van der Waals surface area contributed by atoms with Gasteiger partial charge in [0.2, 0.25) is 0 Å². The minimum absolute atomic E-state index is 0.104. The zero-order valence-electron chi connectivity index (χ0n) is 12.1. The summed E-state index contributed by atoms with van der Waals surface area (Å²) in [5, 5.41) is 3.12. The summed E-state index contributed by atoms with van der Waals surface area (Å²) in [5.41, 5.74) is 0.758. The van der Waals surface area contributed by atoms with Crippen LogP contribution in [0.15, 0.2) is 18.2 Å². The second kappa shape index (κ2) is 8.50. The van der Waals surface area contributed by atoms with Gasteiger partial charge in [-0.3, -0.25) is 4.79 Å². The molecule has 1 aromatic rings. The van der Waals surface area contributed by atoms with E-state index in [-0.39, 0.29) is 18.3 Å². The molecule has 0 aromatic heterocycles. The number of carbonyl (C=O) groups excluding carboxylic acids is 1. The van der Waals surface area contributed by atoms with Crippen LogP contribution in [0.3, 0.4) is 0 Å². The van der Waals surface area contributed by atoms with Crippen molar-refractivity contribution in [3.63, 3.8) is 0 Å². The van der Waals surface area contributed by atoms with Crippen LogP contribution in [0.25, 0.3) is 0 Å². The first-order valence-corrected chi connectivity index (χ1v) is 6.35. The number of halogens is 1. The summed E-state index contributed by atoms with van der Waals surface area (Å²) in [6.07, 6.45) is 0. The van der Waals surface area contributed by atoms with Crippen molar-refractivity contribution in [3.8, 4) is 5.75 Å². The molecule has 0 aliphatic carbocycles. The van der Waals surface area contributed by atoms with Crippen molar-refractivity contribution in [2.75, 3.05) is 41.0 Å². The van der Waals surface area contributed by atoms with Gasteiger partial charge in [0, 0.05) is 40.4 Å². The molecule has 0 radical (unpaired) electrons. The predicted octanol–water partition coefficient (Wildman–Crippen LogP) is 1.03. The lowest BCUT2D eigenvalue weighted by Crippen LogP contribution is -2.27. The lowest BCUT2D eigenvalue weighted by Gasteiger charge is -2.12. The van der Waals surface area contributed by atoms with Crippen molar-refractivity contribution in [2.45, 2.75) is 6.54 Å². The Morgan fingerprint density at radius 1 is 1.35 bits per heavy atom. The third-order valence-electron chi connectivity index (χ3n) is 2.60. The van der Waals surface area contributed by atoms with Gasteiger partial charge < -0.3 is 19.7 Å². The van der Waals surface area contributed by atoms with Crippen molar-refractivity contribution in [3.05, 3.63) is 29.6 Å². The fourth-order valence-corrected chi connectivity index (χ4v) is 1.49. The average Bonchev–Trinajstić information content (AvgIpc) is 2.40. The molecule has 1 rings (SSSR count). The number of methoxy groups -OCH3 is 1. The molecule has 1 N–H and O–H groups in total. The third-order valence-corrected chi connectivity index (χ3v) is 2.60. The van der Waals surface area contributed by atoms with E-state index in [9.17, 15) is 9.18 Å². The van der Waals surface area contributed by atoms with E-state index in [0.717, 1.165) is 5.56 Å². The Morgan fingerprint density at radius 2 is 2.10 bits per heavy atom. The maximum atomic E-state index is 13.5. The number of amides is 1. The summed E-state index contributed by atoms with van der Waals surface area (Å²) in [6.45, 7) is 1.68. The molecule has 0 spiro atoms. The van der Waals surface area contributed by atoms with Crippen molar-refractivity contribution >= 4 is 5.91 Å². The molecule has 112 valence electrons. The first kappa shape index (κ1) is 16.4. The van der Waals surface area contributed by atoms with E-state index in [2.05, 4.69) is 5.32 Å². The Bertz CT molecular complexity index is 438. The van der Waals surface area contributed by atoms with Crippen LogP contribution < -0.4 is 10.1 Å². The standard InChI is InChI=1S/C14H21FN2O3/c1-17(2)14(18)10-20-13-7-11(6-12(15)8-13)9-16-4-5-19-3/h6-8,16H,4-5,9-10H2,1-3H3. The number of likely N-dealkylation sites (N-methyl/N-ethyl adjacent to an activating group) is 1. The summed E-state index contributed by atoms with van der Waals surface area (Å²) in [5.74, 6) is -0.207. The van der Waals surface area contributed by atoms with Gasteiger partial charge in [0.25, 0.3) is 5.91 Å². The minimum Gasteiger partial charge on any atom is -0.484 e. The van der Waals surface area contributed by atoms with E-state index >= 15 is 0 Å². The van der Waals surface area contributed by atoms with E-state index in [0.29, 0.717) is 25.4 Å². The van der Waals surface area contributed by atoms with Gasteiger partial charge in [-0.25, -0.2) is 4.39 Å². The first-order valence-electron chi connectivity index (χ1n) is 6.35. The molecule has 1 aromatic carbocycles. The maximum Gasteiger partial charge on any atom is 0.259 e. The molecule has 0 aliphatic rings. The number of nitrogens with one attached hydrogen (secondary N) is 1. The zero-order valence-corrected chi connectivity index (χ0v) is 12.1. The predicted molar refractivity (Wildman–Crippen MR) is 74.2 cm³/mol. The van der Waals surface area contributed by atoms with Crippen LogP contribution in [0, 0.1) is 5.82 Å². The molecular formula is C14H21FN2O3. The van der Waals surface area contributed by atoms with E-state index in [4.69, 9.17) is 9.47 Å². The fourth-order valence-electron chi connectivity index (χ4n) is 1.49. The molecule has 0 unspecified atom stereocenters. The number of rotatable bonds is 8. The van der Waals surface area contributed by atoms with Crippen LogP contribution in [0.5, 0.6) is 5.75 Å². The molecule has 6 heteroatoms. The molecule has 0 atom stereocenters. The molecule has 0 heterocycles. The largest absolute Gasteiger partial charge is 0.484 e. The number of ether oxygens (including phenoxy) is 2. The first-order chi connectivity index (χ1) is 9.52. The molecule has 0 fully saturated rings. The lowest BCUT2D eigenvalue weighted by atomic mass is 10.2. The van der Waals surface area contributed by atoms with Crippen molar-refractivity contribution in [1.82, 2.24) is 10.2 Å². The second-order valence-electron chi connectivity index (χ2n) is 4.54. The van der Waals surface area contributed by atoms with Crippen LogP contribution in [0.2, 0.25) is 0 Å². The van der Waals surface area contributed by atoms with Gasteiger partial charge in [-0.05, 0) is 17.7 Å². The molecular weight excluding hydrogens is 263 g/mol. The van der Waals surface area contributed by atoms with Gasteiger partial charge in [-0.1, -0.05) is 0 Å². The van der Waals surface area contributed by atoms with E-state index in [1.807, 2.05) is 0 Å². The zero-order chi connectivity index (χ0) is 15.0. The van der Waals surface area contributed by atoms with E-state index < -0.39 is 0 Å². The number of hydrogen-bond donors (Lipinski definition) is 1. The van der Waals surface area contributed by atoms with Gasteiger partial charge in [-0.2, -0.15) is 0 Å². The maximum absolute atomic E-state index is 13.5. The van der Waals surface area contributed by atoms with Crippen molar-refractivity contribution in [2.24, 2.45) is 0 Å². The molecule has 0 saturated carbocycles. The Hall–Kier alpha value is -1.66. The van der Waals surface area contributed by atoms with Crippen LogP contribution in [0.4, 0.5) is 4.39 Å². The summed E-state index contributed by atoms with van der Waals surface area (Å²) >= 11 is 0. The molecule has 20 heavy (non-hydrogen) atoms. The highest BCUT2D eigenvalue weighted by Crippen LogP contribution is 2.16. The highest BCUT2D eigenvalue weighted by Gasteiger charge is 2.07. The fraction of sp³-hybridized carbons (Fsp3) is 0.500. The SMILES string of the molecule is COCCNCc1cc(F)cc(OCC(=O)N(C)C)c1. The normalized spacial score (nSPS) is 10.4. The summed E-state index contributed by atoms with van der Waals surface area (Å²) < 4.78 is 23.7. The van der Waals surface area contributed by atoms with Crippen LogP contribution in [0.1, 0.15) is 5.56 Å². The van der Waals surface area contributed by atoms with Crippen molar-refractivity contribution < 1.29 is 18.7 Å². The molecule has 0 saturated heterocycles. The number of nitrogens with zero attached hydrogens (tertiary/aromatic N) is 1. The molecule has 5 nitrogen and oxygen atoms in total. The summed E-state index contributed by atoms with van der Waals surface area (Å²) in [7, 11) is 4.91. The monoisotopic (exact) mass is 284 g/mol. The quantitative estimate of drug-likeness (QED) is 0.724. The summed E-state index contributed by atoms with van der Waals surface area (Å²) in [6, 6.07) is 4.41. The van der Waals surface area contributed by atoms with Crippen LogP contribution >= 0.6 is 0 Å². The number of benzene rings is 1. The third kappa shape index (κ3) is 5.99. The Kier molecular flexibility index (Phi) is 6.97. The van der Waals surface area contributed by atoms with E-state index in [1.54, 1.807) is 27.3 Å². The van der Waals surface area contributed by atoms with Gasteiger partial charge in [0.15, 0.2) is 6.61 Å². The minimum atomic E-state index is -0.386. The molecule has 1 amide bonds. The van der Waals surface area contributed by atoms with E-state index in [1.165, 1.54) is 17.0 Å². The average molecular weight is 284 g/mol. The summed E-state index contributed by atoms with van der Waals surface area (Å²) in [4.78, 5) is 12.8. The number of carbonyl (C=O) groups is 1.